The van der Waals surface area contributed by atoms with Crippen molar-refractivity contribution in [3.63, 3.8) is 0 Å². The van der Waals surface area contributed by atoms with Crippen LogP contribution >= 0.6 is 0 Å². The zero-order valence-corrected chi connectivity index (χ0v) is 10.8. The summed E-state index contributed by atoms with van der Waals surface area (Å²) in [6.07, 6.45) is 1.77. The minimum absolute atomic E-state index is 0.0172. The molecule has 90 valence electrons. The van der Waals surface area contributed by atoms with E-state index in [-0.39, 0.29) is 5.54 Å². The second kappa shape index (κ2) is 5.14. The van der Waals surface area contributed by atoms with Crippen LogP contribution in [0.25, 0.3) is 0 Å². The predicted molar refractivity (Wildman–Crippen MR) is 68.7 cm³/mol. The third-order valence-electron chi connectivity index (χ3n) is 1.83. The Hall–Kier alpha value is -1.32. The highest BCUT2D eigenvalue weighted by atomic mass is 15.2. The third kappa shape index (κ3) is 4.96. The Bertz CT molecular complexity index is 328. The van der Waals surface area contributed by atoms with E-state index in [1.54, 1.807) is 6.20 Å². The van der Waals surface area contributed by atoms with Crippen molar-refractivity contribution in [2.24, 2.45) is 5.92 Å². The van der Waals surface area contributed by atoms with Crippen molar-refractivity contribution in [1.82, 2.24) is 9.97 Å². The van der Waals surface area contributed by atoms with E-state index in [0.717, 1.165) is 12.4 Å². The average Bonchev–Trinajstić information content (AvgIpc) is 2.12. The molecular weight excluding hydrogens is 200 g/mol. The van der Waals surface area contributed by atoms with E-state index in [0.29, 0.717) is 11.9 Å². The molecule has 0 saturated carbocycles. The van der Waals surface area contributed by atoms with Crippen molar-refractivity contribution in [3.8, 4) is 0 Å². The molecule has 0 aliphatic heterocycles. The molecule has 16 heavy (non-hydrogen) atoms. The maximum Gasteiger partial charge on any atom is 0.224 e. The van der Waals surface area contributed by atoms with Gasteiger partial charge in [-0.3, -0.25) is 0 Å². The van der Waals surface area contributed by atoms with Crippen LogP contribution in [0.4, 0.5) is 11.8 Å². The smallest absolute Gasteiger partial charge is 0.224 e. The standard InChI is InChI=1S/C12H22N4/c1-9(2)8-14-10-6-7-13-11(15-10)16-12(3,4)5/h6-7,9H,8H2,1-5H3,(H2,13,14,15,16). The fourth-order valence-corrected chi connectivity index (χ4v) is 1.16. The Kier molecular flexibility index (Phi) is 4.10. The highest BCUT2D eigenvalue weighted by Gasteiger charge is 2.11. The maximum absolute atomic E-state index is 4.40. The minimum atomic E-state index is -0.0172. The van der Waals surface area contributed by atoms with E-state index >= 15 is 0 Å². The van der Waals surface area contributed by atoms with Crippen LogP contribution in [-0.4, -0.2) is 22.1 Å². The molecule has 1 aromatic rings. The molecule has 0 aliphatic rings. The molecule has 0 bridgehead atoms. The van der Waals surface area contributed by atoms with Crippen LogP contribution in [0.2, 0.25) is 0 Å². The molecule has 0 aromatic carbocycles. The van der Waals surface area contributed by atoms with Crippen LogP contribution in [0.15, 0.2) is 12.3 Å². The van der Waals surface area contributed by atoms with Crippen LogP contribution in [-0.2, 0) is 0 Å². The lowest BCUT2D eigenvalue weighted by Gasteiger charge is -2.20. The Balaban J connectivity index is 2.64. The van der Waals surface area contributed by atoms with Gasteiger partial charge in [0.25, 0.3) is 0 Å². The van der Waals surface area contributed by atoms with Crippen LogP contribution in [0.1, 0.15) is 34.6 Å². The van der Waals surface area contributed by atoms with Crippen LogP contribution < -0.4 is 10.6 Å². The summed E-state index contributed by atoms with van der Waals surface area (Å²) >= 11 is 0. The van der Waals surface area contributed by atoms with Crippen LogP contribution in [0, 0.1) is 5.92 Å². The fourth-order valence-electron chi connectivity index (χ4n) is 1.16. The quantitative estimate of drug-likeness (QED) is 0.822. The first-order valence-electron chi connectivity index (χ1n) is 5.72. The highest BCUT2D eigenvalue weighted by Crippen LogP contribution is 2.11. The van der Waals surface area contributed by atoms with Crippen molar-refractivity contribution < 1.29 is 0 Å². The number of nitrogens with one attached hydrogen (secondary N) is 2. The first-order valence-corrected chi connectivity index (χ1v) is 5.72. The predicted octanol–water partition coefficient (Wildman–Crippen LogP) is 2.75. The summed E-state index contributed by atoms with van der Waals surface area (Å²) in [6, 6.07) is 1.89. The van der Waals surface area contributed by atoms with Gasteiger partial charge in [-0.2, -0.15) is 4.98 Å². The molecule has 1 heterocycles. The Morgan fingerprint density at radius 2 is 2.00 bits per heavy atom. The highest BCUT2D eigenvalue weighted by molar-refractivity contribution is 5.40. The molecule has 0 spiro atoms. The van der Waals surface area contributed by atoms with Gasteiger partial charge in [-0.05, 0) is 32.8 Å². The molecule has 1 aromatic heterocycles. The molecule has 0 saturated heterocycles. The van der Waals surface area contributed by atoms with Crippen molar-refractivity contribution in [2.75, 3.05) is 17.2 Å². The van der Waals surface area contributed by atoms with Crippen molar-refractivity contribution >= 4 is 11.8 Å². The normalized spacial score (nSPS) is 11.6. The van der Waals surface area contributed by atoms with Gasteiger partial charge in [-0.15, -0.1) is 0 Å². The van der Waals surface area contributed by atoms with Gasteiger partial charge in [0.05, 0.1) is 0 Å². The molecular formula is C12H22N4. The molecule has 1 rings (SSSR count). The lowest BCUT2D eigenvalue weighted by molar-refractivity contribution is 0.625. The minimum Gasteiger partial charge on any atom is -0.370 e. The first-order chi connectivity index (χ1) is 7.37. The van der Waals surface area contributed by atoms with Crippen LogP contribution in [0.3, 0.4) is 0 Å². The zero-order chi connectivity index (χ0) is 12.2. The first kappa shape index (κ1) is 12.7. The molecule has 0 radical (unpaired) electrons. The van der Waals surface area contributed by atoms with Crippen molar-refractivity contribution in [2.45, 2.75) is 40.2 Å². The molecule has 0 unspecified atom stereocenters. The topological polar surface area (TPSA) is 49.8 Å². The van der Waals surface area contributed by atoms with E-state index in [1.165, 1.54) is 0 Å². The van der Waals surface area contributed by atoms with Gasteiger partial charge in [0, 0.05) is 18.3 Å². The number of anilines is 2. The molecule has 4 heteroatoms. The van der Waals surface area contributed by atoms with Gasteiger partial charge >= 0.3 is 0 Å². The molecule has 4 nitrogen and oxygen atoms in total. The lowest BCUT2D eigenvalue weighted by atomic mass is 10.1. The summed E-state index contributed by atoms with van der Waals surface area (Å²) in [5, 5.41) is 6.53. The van der Waals surface area contributed by atoms with Gasteiger partial charge in [-0.25, -0.2) is 4.98 Å². The Morgan fingerprint density at radius 3 is 2.56 bits per heavy atom. The zero-order valence-electron chi connectivity index (χ0n) is 10.8. The maximum atomic E-state index is 4.40. The van der Waals surface area contributed by atoms with Crippen molar-refractivity contribution in [3.05, 3.63) is 12.3 Å². The molecule has 2 N–H and O–H groups in total. The average molecular weight is 222 g/mol. The van der Waals surface area contributed by atoms with Crippen LogP contribution in [0.5, 0.6) is 0 Å². The SMILES string of the molecule is CC(C)CNc1ccnc(NC(C)(C)C)n1. The monoisotopic (exact) mass is 222 g/mol. The van der Waals surface area contributed by atoms with Gasteiger partial charge in [0.1, 0.15) is 5.82 Å². The number of hydrogen-bond acceptors (Lipinski definition) is 4. The lowest BCUT2D eigenvalue weighted by Crippen LogP contribution is -2.27. The summed E-state index contributed by atoms with van der Waals surface area (Å²) in [6.45, 7) is 11.5. The van der Waals surface area contributed by atoms with E-state index in [9.17, 15) is 0 Å². The summed E-state index contributed by atoms with van der Waals surface area (Å²) in [5.74, 6) is 2.14. The van der Waals surface area contributed by atoms with Gasteiger partial charge in [0.15, 0.2) is 0 Å². The second-order valence-corrected chi connectivity index (χ2v) is 5.42. The summed E-state index contributed by atoms with van der Waals surface area (Å²) < 4.78 is 0. The number of rotatable bonds is 4. The van der Waals surface area contributed by atoms with E-state index in [2.05, 4.69) is 55.2 Å². The van der Waals surface area contributed by atoms with Gasteiger partial charge in [-0.1, -0.05) is 13.8 Å². The van der Waals surface area contributed by atoms with Gasteiger partial charge < -0.3 is 10.6 Å². The molecule has 0 fully saturated rings. The van der Waals surface area contributed by atoms with E-state index in [1.807, 2.05) is 6.07 Å². The number of hydrogen-bond donors (Lipinski definition) is 2. The Morgan fingerprint density at radius 1 is 1.31 bits per heavy atom. The van der Waals surface area contributed by atoms with E-state index < -0.39 is 0 Å². The van der Waals surface area contributed by atoms with E-state index in [4.69, 9.17) is 0 Å². The Labute approximate surface area is 97.9 Å². The summed E-state index contributed by atoms with van der Waals surface area (Å²) in [7, 11) is 0. The molecule has 0 atom stereocenters. The number of aromatic nitrogens is 2. The number of nitrogens with zero attached hydrogens (tertiary/aromatic N) is 2. The summed E-state index contributed by atoms with van der Waals surface area (Å²) in [5.41, 5.74) is -0.0172. The third-order valence-corrected chi connectivity index (χ3v) is 1.83. The molecule has 0 amide bonds. The second-order valence-electron chi connectivity index (χ2n) is 5.42. The fraction of sp³-hybridized carbons (Fsp3) is 0.667. The largest absolute Gasteiger partial charge is 0.370 e. The van der Waals surface area contributed by atoms with Gasteiger partial charge in [0.2, 0.25) is 5.95 Å². The van der Waals surface area contributed by atoms with Crippen molar-refractivity contribution in [1.29, 1.82) is 0 Å². The molecule has 0 aliphatic carbocycles. The summed E-state index contributed by atoms with van der Waals surface area (Å²) in [4.78, 5) is 8.59.